The molecule has 0 aliphatic carbocycles. The molecule has 7 heteroatoms. The first-order valence-corrected chi connectivity index (χ1v) is 7.93. The summed E-state index contributed by atoms with van der Waals surface area (Å²) in [5, 5.41) is 8.71. The van der Waals surface area contributed by atoms with Crippen molar-refractivity contribution in [2.45, 2.75) is 6.42 Å². The summed E-state index contributed by atoms with van der Waals surface area (Å²) < 4.78 is 10.4. The van der Waals surface area contributed by atoms with E-state index in [0.717, 1.165) is 4.88 Å². The minimum Gasteiger partial charge on any atom is -0.496 e. The van der Waals surface area contributed by atoms with Crippen LogP contribution in [0.4, 0.5) is 0 Å². The minimum atomic E-state index is -0.194. The molecule has 0 spiro atoms. The van der Waals surface area contributed by atoms with Crippen molar-refractivity contribution in [2.24, 2.45) is 0 Å². The summed E-state index contributed by atoms with van der Waals surface area (Å²) in [6.07, 6.45) is 0.471. The molecule has 0 bridgehead atoms. The van der Waals surface area contributed by atoms with Crippen LogP contribution in [0.3, 0.4) is 0 Å². The highest BCUT2D eigenvalue weighted by Crippen LogP contribution is 2.21. The van der Waals surface area contributed by atoms with E-state index in [1.54, 1.807) is 29.5 Å². The maximum absolute atomic E-state index is 12.2. The van der Waals surface area contributed by atoms with E-state index >= 15 is 0 Å². The Morgan fingerprint density at radius 2 is 2.17 bits per heavy atom. The van der Waals surface area contributed by atoms with Gasteiger partial charge in [-0.25, -0.2) is 0 Å². The smallest absolute Gasteiger partial charge is 0.255 e. The second-order valence-corrected chi connectivity index (χ2v) is 5.64. The molecule has 2 aromatic heterocycles. The quantitative estimate of drug-likeness (QED) is 0.752. The Labute approximate surface area is 137 Å². The Hall–Kier alpha value is -2.67. The third kappa shape index (κ3) is 3.57. The fraction of sp³-hybridized carbons (Fsp3) is 0.188. The fourth-order valence-electron chi connectivity index (χ4n) is 2.07. The summed E-state index contributed by atoms with van der Waals surface area (Å²) in [7, 11) is 1.54. The molecule has 3 rings (SSSR count). The lowest BCUT2D eigenvalue weighted by atomic mass is 10.2. The van der Waals surface area contributed by atoms with Gasteiger partial charge in [0.1, 0.15) is 5.75 Å². The number of para-hydroxylation sites is 1. The van der Waals surface area contributed by atoms with Crippen LogP contribution < -0.4 is 10.1 Å². The summed E-state index contributed by atoms with van der Waals surface area (Å²) in [5.74, 6) is 1.42. The largest absolute Gasteiger partial charge is 0.496 e. The number of carbonyl (C=O) groups is 1. The van der Waals surface area contributed by atoms with Gasteiger partial charge in [-0.05, 0) is 23.6 Å². The maximum Gasteiger partial charge on any atom is 0.255 e. The Morgan fingerprint density at radius 1 is 1.30 bits per heavy atom. The van der Waals surface area contributed by atoms with Gasteiger partial charge < -0.3 is 14.6 Å². The van der Waals surface area contributed by atoms with E-state index in [1.165, 1.54) is 7.11 Å². The van der Waals surface area contributed by atoms with E-state index in [0.29, 0.717) is 36.0 Å². The topological polar surface area (TPSA) is 77.2 Å². The number of nitrogens with one attached hydrogen (secondary N) is 1. The number of thiophene rings is 1. The van der Waals surface area contributed by atoms with Crippen molar-refractivity contribution in [1.82, 2.24) is 15.5 Å². The third-order valence-corrected chi connectivity index (χ3v) is 4.05. The van der Waals surface area contributed by atoms with Gasteiger partial charge in [-0.2, -0.15) is 4.98 Å². The zero-order chi connectivity index (χ0) is 16.1. The van der Waals surface area contributed by atoms with Gasteiger partial charge in [0.25, 0.3) is 5.91 Å². The number of nitrogens with zero attached hydrogens (tertiary/aromatic N) is 2. The van der Waals surface area contributed by atoms with Gasteiger partial charge in [-0.15, -0.1) is 11.3 Å². The molecule has 0 radical (unpaired) electrons. The van der Waals surface area contributed by atoms with E-state index < -0.39 is 0 Å². The molecule has 0 aliphatic heterocycles. The van der Waals surface area contributed by atoms with Crippen molar-refractivity contribution in [2.75, 3.05) is 13.7 Å². The predicted molar refractivity (Wildman–Crippen MR) is 86.6 cm³/mol. The van der Waals surface area contributed by atoms with Crippen molar-refractivity contribution in [3.8, 4) is 16.5 Å². The maximum atomic E-state index is 12.2. The van der Waals surface area contributed by atoms with Crippen molar-refractivity contribution < 1.29 is 14.1 Å². The molecule has 0 saturated heterocycles. The first kappa shape index (κ1) is 15.2. The van der Waals surface area contributed by atoms with Crippen LogP contribution in [0.15, 0.2) is 46.3 Å². The molecule has 0 aliphatic rings. The van der Waals surface area contributed by atoms with Crippen LogP contribution >= 0.6 is 11.3 Å². The number of rotatable bonds is 6. The van der Waals surface area contributed by atoms with E-state index in [-0.39, 0.29) is 5.91 Å². The number of hydrogen-bond donors (Lipinski definition) is 1. The van der Waals surface area contributed by atoms with Crippen molar-refractivity contribution >= 4 is 17.2 Å². The lowest BCUT2D eigenvalue weighted by Crippen LogP contribution is -2.26. The van der Waals surface area contributed by atoms with Gasteiger partial charge in [0.15, 0.2) is 0 Å². The highest BCUT2D eigenvalue weighted by atomic mass is 32.1. The Bertz CT molecular complexity index is 783. The third-order valence-electron chi connectivity index (χ3n) is 3.19. The minimum absolute atomic E-state index is 0.194. The summed E-state index contributed by atoms with van der Waals surface area (Å²) in [5.41, 5.74) is 0.500. The predicted octanol–water partition coefficient (Wildman–Crippen LogP) is 2.78. The molecule has 23 heavy (non-hydrogen) atoms. The van der Waals surface area contributed by atoms with E-state index in [1.807, 2.05) is 23.6 Å². The number of benzene rings is 1. The van der Waals surface area contributed by atoms with E-state index in [4.69, 9.17) is 9.26 Å². The highest BCUT2D eigenvalue weighted by molar-refractivity contribution is 7.13. The Kier molecular flexibility index (Phi) is 4.68. The Morgan fingerprint density at radius 3 is 2.96 bits per heavy atom. The lowest BCUT2D eigenvalue weighted by molar-refractivity contribution is 0.0950. The normalized spacial score (nSPS) is 10.5. The van der Waals surface area contributed by atoms with Crippen molar-refractivity contribution in [3.63, 3.8) is 0 Å². The molecule has 1 amide bonds. The molecule has 118 valence electrons. The molecule has 0 saturated carbocycles. The SMILES string of the molecule is COc1ccccc1C(=O)NCCc1nc(-c2cccs2)no1. The molecule has 1 N–H and O–H groups in total. The first-order chi connectivity index (χ1) is 11.3. The molecule has 2 heterocycles. The molecule has 3 aromatic rings. The van der Waals surface area contributed by atoms with Gasteiger partial charge in [0.05, 0.1) is 17.6 Å². The molecule has 6 nitrogen and oxygen atoms in total. The zero-order valence-corrected chi connectivity index (χ0v) is 13.3. The lowest BCUT2D eigenvalue weighted by Gasteiger charge is -2.08. The van der Waals surface area contributed by atoms with Crippen LogP contribution in [0.5, 0.6) is 5.75 Å². The van der Waals surface area contributed by atoms with Crippen LogP contribution in [0, 0.1) is 0 Å². The van der Waals surface area contributed by atoms with Gasteiger partial charge in [-0.3, -0.25) is 4.79 Å². The number of amides is 1. The van der Waals surface area contributed by atoms with Crippen LogP contribution in [0.25, 0.3) is 10.7 Å². The van der Waals surface area contributed by atoms with E-state index in [9.17, 15) is 4.79 Å². The number of ether oxygens (including phenoxy) is 1. The highest BCUT2D eigenvalue weighted by Gasteiger charge is 2.12. The number of methoxy groups -OCH3 is 1. The molecule has 0 atom stereocenters. The Balaban J connectivity index is 1.56. The monoisotopic (exact) mass is 329 g/mol. The van der Waals surface area contributed by atoms with Crippen LogP contribution in [-0.4, -0.2) is 29.7 Å². The number of hydrogen-bond acceptors (Lipinski definition) is 6. The second-order valence-electron chi connectivity index (χ2n) is 4.70. The summed E-state index contributed by atoms with van der Waals surface area (Å²) in [4.78, 5) is 17.4. The van der Waals surface area contributed by atoms with Crippen LogP contribution in [0.1, 0.15) is 16.2 Å². The van der Waals surface area contributed by atoms with Crippen LogP contribution in [0.2, 0.25) is 0 Å². The van der Waals surface area contributed by atoms with Gasteiger partial charge >= 0.3 is 0 Å². The zero-order valence-electron chi connectivity index (χ0n) is 12.5. The van der Waals surface area contributed by atoms with Gasteiger partial charge in [0.2, 0.25) is 11.7 Å². The molecule has 1 aromatic carbocycles. The molecular weight excluding hydrogens is 314 g/mol. The van der Waals surface area contributed by atoms with Crippen LogP contribution in [-0.2, 0) is 6.42 Å². The van der Waals surface area contributed by atoms with E-state index in [2.05, 4.69) is 15.5 Å². The summed E-state index contributed by atoms with van der Waals surface area (Å²) in [6, 6.07) is 10.9. The number of aromatic nitrogens is 2. The average molecular weight is 329 g/mol. The standard InChI is InChI=1S/C16H15N3O3S/c1-21-12-6-3-2-5-11(12)16(20)17-9-8-14-18-15(19-22-14)13-7-4-10-23-13/h2-7,10H,8-9H2,1H3,(H,17,20). The molecular formula is C16H15N3O3S. The second kappa shape index (κ2) is 7.06. The average Bonchev–Trinajstić information content (AvgIpc) is 3.26. The summed E-state index contributed by atoms with van der Waals surface area (Å²) >= 11 is 1.55. The van der Waals surface area contributed by atoms with Crippen molar-refractivity contribution in [1.29, 1.82) is 0 Å². The summed E-state index contributed by atoms with van der Waals surface area (Å²) in [6.45, 7) is 0.406. The van der Waals surface area contributed by atoms with Crippen molar-refractivity contribution in [3.05, 3.63) is 53.2 Å². The van der Waals surface area contributed by atoms with Gasteiger partial charge in [-0.1, -0.05) is 23.4 Å². The van der Waals surface area contributed by atoms with Gasteiger partial charge in [0, 0.05) is 13.0 Å². The fourth-order valence-corrected chi connectivity index (χ4v) is 2.72. The molecule has 0 unspecified atom stereocenters. The first-order valence-electron chi connectivity index (χ1n) is 7.05. The molecule has 0 fully saturated rings. The number of carbonyl (C=O) groups excluding carboxylic acids is 1.